The molecule has 0 radical (unpaired) electrons. The van der Waals surface area contributed by atoms with E-state index in [9.17, 15) is 0 Å². The molecule has 0 bridgehead atoms. The molecule has 2 fully saturated rings. The number of hydrogen-bond donors (Lipinski definition) is 1. The number of rotatable bonds is 4. The molecule has 0 aromatic carbocycles. The first-order valence-electron chi connectivity index (χ1n) is 8.05. The van der Waals surface area contributed by atoms with Gasteiger partial charge in [-0.25, -0.2) is 0 Å². The fourth-order valence-corrected chi connectivity index (χ4v) is 4.57. The van der Waals surface area contributed by atoms with Gasteiger partial charge in [0.1, 0.15) is 0 Å². The molecule has 2 aliphatic rings. The van der Waals surface area contributed by atoms with E-state index < -0.39 is 0 Å². The van der Waals surface area contributed by atoms with Crippen molar-refractivity contribution in [3.05, 3.63) is 22.4 Å². The lowest BCUT2D eigenvalue weighted by Gasteiger charge is -2.36. The van der Waals surface area contributed by atoms with Gasteiger partial charge in [-0.15, -0.1) is 0 Å². The van der Waals surface area contributed by atoms with E-state index in [2.05, 4.69) is 33.6 Å². The molecule has 3 atom stereocenters. The molecule has 112 valence electrons. The predicted octanol–water partition coefficient (Wildman–Crippen LogP) is 2.70. The maximum absolute atomic E-state index is 6.48. The van der Waals surface area contributed by atoms with Crippen LogP contribution >= 0.6 is 11.3 Å². The van der Waals surface area contributed by atoms with Crippen molar-refractivity contribution < 1.29 is 0 Å². The van der Waals surface area contributed by atoms with Crippen molar-refractivity contribution in [3.8, 4) is 0 Å². The molecule has 2 saturated heterocycles. The third kappa shape index (κ3) is 2.93. The van der Waals surface area contributed by atoms with E-state index in [4.69, 9.17) is 5.73 Å². The highest BCUT2D eigenvalue weighted by Crippen LogP contribution is 2.31. The van der Waals surface area contributed by atoms with Crippen molar-refractivity contribution in [1.82, 2.24) is 9.80 Å². The quantitative estimate of drug-likeness (QED) is 0.926. The first kappa shape index (κ1) is 14.5. The van der Waals surface area contributed by atoms with Gasteiger partial charge in [0.25, 0.3) is 0 Å². The summed E-state index contributed by atoms with van der Waals surface area (Å²) in [6.45, 7) is 7.19. The number of nitrogens with two attached hydrogens (primary N) is 1. The van der Waals surface area contributed by atoms with Gasteiger partial charge in [0, 0.05) is 25.2 Å². The fraction of sp³-hybridized carbons (Fsp3) is 0.750. The highest BCUT2D eigenvalue weighted by Gasteiger charge is 2.33. The molecule has 1 aromatic rings. The smallest absolute Gasteiger partial charge is 0.0507 e. The summed E-state index contributed by atoms with van der Waals surface area (Å²) < 4.78 is 0. The molecule has 2 aliphatic heterocycles. The summed E-state index contributed by atoms with van der Waals surface area (Å²) in [6, 6.07) is 3.69. The Hall–Kier alpha value is -0.420. The van der Waals surface area contributed by atoms with E-state index in [0.29, 0.717) is 6.04 Å². The zero-order chi connectivity index (χ0) is 13.9. The lowest BCUT2D eigenvalue weighted by atomic mass is 9.98. The van der Waals surface area contributed by atoms with E-state index in [1.54, 1.807) is 11.3 Å². The topological polar surface area (TPSA) is 32.5 Å². The summed E-state index contributed by atoms with van der Waals surface area (Å²) in [5.41, 5.74) is 7.90. The number of hydrogen-bond acceptors (Lipinski definition) is 4. The Morgan fingerprint density at radius 2 is 2.20 bits per heavy atom. The average Bonchev–Trinajstić information content (AvgIpc) is 3.08. The van der Waals surface area contributed by atoms with Gasteiger partial charge in [0.05, 0.1) is 6.04 Å². The number of thiophene rings is 1. The van der Waals surface area contributed by atoms with E-state index in [1.807, 2.05) is 0 Å². The predicted molar refractivity (Wildman–Crippen MR) is 86.1 cm³/mol. The Morgan fingerprint density at radius 1 is 1.35 bits per heavy atom. The molecule has 3 rings (SSSR count). The first-order chi connectivity index (χ1) is 9.79. The molecule has 0 saturated carbocycles. The summed E-state index contributed by atoms with van der Waals surface area (Å²) in [5.74, 6) is 0. The fourth-order valence-electron chi connectivity index (χ4n) is 3.88. The van der Waals surface area contributed by atoms with Crippen LogP contribution in [0.5, 0.6) is 0 Å². The van der Waals surface area contributed by atoms with Crippen LogP contribution < -0.4 is 5.73 Å². The van der Waals surface area contributed by atoms with Gasteiger partial charge in [-0.1, -0.05) is 6.92 Å². The second-order valence-corrected chi connectivity index (χ2v) is 7.03. The zero-order valence-corrected chi connectivity index (χ0v) is 13.3. The minimum absolute atomic E-state index is 0.248. The van der Waals surface area contributed by atoms with Crippen LogP contribution in [0, 0.1) is 0 Å². The largest absolute Gasteiger partial charge is 0.326 e. The van der Waals surface area contributed by atoms with Crippen molar-refractivity contribution in [2.24, 2.45) is 5.73 Å². The Kier molecular flexibility index (Phi) is 4.76. The molecule has 4 heteroatoms. The van der Waals surface area contributed by atoms with Gasteiger partial charge in [0.2, 0.25) is 0 Å². The lowest BCUT2D eigenvalue weighted by molar-refractivity contribution is 0.152. The van der Waals surface area contributed by atoms with Crippen molar-refractivity contribution in [1.29, 1.82) is 0 Å². The van der Waals surface area contributed by atoms with E-state index >= 15 is 0 Å². The minimum Gasteiger partial charge on any atom is -0.326 e. The normalized spacial score (nSPS) is 28.0. The van der Waals surface area contributed by atoms with Crippen LogP contribution in [0.15, 0.2) is 16.8 Å². The number of fused-ring (bicyclic) bond motifs is 1. The Labute approximate surface area is 126 Å². The van der Waals surface area contributed by atoms with Gasteiger partial charge in [-0.05, 0) is 61.2 Å². The summed E-state index contributed by atoms with van der Waals surface area (Å²) >= 11 is 1.79. The van der Waals surface area contributed by atoms with Crippen LogP contribution in [0.2, 0.25) is 0 Å². The van der Waals surface area contributed by atoms with E-state index in [-0.39, 0.29) is 6.04 Å². The second-order valence-electron chi connectivity index (χ2n) is 6.25. The van der Waals surface area contributed by atoms with Gasteiger partial charge >= 0.3 is 0 Å². The van der Waals surface area contributed by atoms with Crippen molar-refractivity contribution >= 4 is 11.3 Å². The molecular formula is C16H27N3S. The first-order valence-corrected chi connectivity index (χ1v) is 8.99. The van der Waals surface area contributed by atoms with Crippen molar-refractivity contribution in [2.45, 2.75) is 50.7 Å². The van der Waals surface area contributed by atoms with Crippen LogP contribution in [-0.4, -0.2) is 48.1 Å². The summed E-state index contributed by atoms with van der Waals surface area (Å²) in [6.07, 6.45) is 5.08. The highest BCUT2D eigenvalue weighted by molar-refractivity contribution is 7.07. The molecule has 3 nitrogen and oxygen atoms in total. The third-order valence-electron chi connectivity index (χ3n) is 4.99. The Bertz CT molecular complexity index is 406. The molecular weight excluding hydrogens is 266 g/mol. The summed E-state index contributed by atoms with van der Waals surface area (Å²) in [4.78, 5) is 5.37. The van der Waals surface area contributed by atoms with Crippen LogP contribution in [0.3, 0.4) is 0 Å². The molecule has 0 aliphatic carbocycles. The van der Waals surface area contributed by atoms with Crippen LogP contribution in [-0.2, 0) is 0 Å². The summed E-state index contributed by atoms with van der Waals surface area (Å²) in [5, 5.41) is 4.47. The lowest BCUT2D eigenvalue weighted by Crippen LogP contribution is -2.44. The van der Waals surface area contributed by atoms with Crippen LogP contribution in [0.4, 0.5) is 0 Å². The van der Waals surface area contributed by atoms with Crippen molar-refractivity contribution in [3.63, 3.8) is 0 Å². The van der Waals surface area contributed by atoms with Gasteiger partial charge < -0.3 is 5.73 Å². The molecule has 0 amide bonds. The maximum atomic E-state index is 6.48. The van der Waals surface area contributed by atoms with E-state index in [1.165, 1.54) is 51.0 Å². The third-order valence-corrected chi connectivity index (χ3v) is 5.69. The van der Waals surface area contributed by atoms with Crippen LogP contribution in [0.1, 0.15) is 44.2 Å². The van der Waals surface area contributed by atoms with Gasteiger partial charge in [0.15, 0.2) is 0 Å². The number of nitrogens with zero attached hydrogens (tertiary/aromatic N) is 2. The van der Waals surface area contributed by atoms with Crippen molar-refractivity contribution in [2.75, 3.05) is 26.2 Å². The second kappa shape index (κ2) is 6.56. The molecule has 3 heterocycles. The molecule has 1 aromatic heterocycles. The highest BCUT2D eigenvalue weighted by atomic mass is 32.1. The zero-order valence-electron chi connectivity index (χ0n) is 12.5. The monoisotopic (exact) mass is 293 g/mol. The Balaban J connectivity index is 1.79. The summed E-state index contributed by atoms with van der Waals surface area (Å²) in [7, 11) is 0. The molecule has 3 unspecified atom stereocenters. The average molecular weight is 293 g/mol. The Morgan fingerprint density at radius 3 is 2.95 bits per heavy atom. The van der Waals surface area contributed by atoms with E-state index in [0.717, 1.165) is 12.5 Å². The van der Waals surface area contributed by atoms with Crippen LogP contribution in [0.25, 0.3) is 0 Å². The SMILES string of the molecule is CCC(N)C(c1ccsc1)N1CCCN2CCCC2C1. The maximum Gasteiger partial charge on any atom is 0.0507 e. The van der Waals surface area contributed by atoms with Gasteiger partial charge in [-0.3, -0.25) is 9.80 Å². The van der Waals surface area contributed by atoms with Gasteiger partial charge in [-0.2, -0.15) is 11.3 Å². The molecule has 2 N–H and O–H groups in total. The molecule has 0 spiro atoms. The standard InChI is InChI=1S/C16H27N3S/c1-2-15(17)16(13-6-10-20-12-13)19-9-4-8-18-7-3-5-14(18)11-19/h6,10,12,14-16H,2-5,7-9,11,17H2,1H3. The minimum atomic E-state index is 0.248. The molecule has 20 heavy (non-hydrogen) atoms.